The number of pyridine rings is 1. The summed E-state index contributed by atoms with van der Waals surface area (Å²) in [5, 5.41) is 18.3. The fourth-order valence-electron chi connectivity index (χ4n) is 1.83. The van der Waals surface area contributed by atoms with E-state index in [1.54, 1.807) is 0 Å². The van der Waals surface area contributed by atoms with Crippen LogP contribution in [0.2, 0.25) is 0 Å². The number of rotatable bonds is 4. The molecular weight excluding hydrogens is 242 g/mol. The number of aromatic carboxylic acids is 1. The molecule has 0 aliphatic rings. The Morgan fingerprint density at radius 2 is 1.89 bits per heavy atom. The highest BCUT2D eigenvalue weighted by atomic mass is 16.4. The van der Waals surface area contributed by atoms with Crippen molar-refractivity contribution >= 4 is 5.97 Å². The molecule has 19 heavy (non-hydrogen) atoms. The number of aryl methyl sites for hydroxylation is 3. The second-order valence-corrected chi connectivity index (χ2v) is 4.48. The maximum Gasteiger partial charge on any atom is 0.339 e. The van der Waals surface area contributed by atoms with E-state index in [0.717, 1.165) is 6.42 Å². The largest absolute Gasteiger partial charge is 0.505 e. The first-order chi connectivity index (χ1) is 9.06. The van der Waals surface area contributed by atoms with Crippen molar-refractivity contribution in [2.75, 3.05) is 0 Å². The highest BCUT2D eigenvalue weighted by Crippen LogP contribution is 2.17. The highest BCUT2D eigenvalue weighted by Gasteiger charge is 2.11. The third-order valence-corrected chi connectivity index (χ3v) is 2.96. The summed E-state index contributed by atoms with van der Waals surface area (Å²) >= 11 is 0. The minimum atomic E-state index is -1.14. The van der Waals surface area contributed by atoms with Crippen LogP contribution in [0.3, 0.4) is 0 Å². The standard InChI is InChI=1S/C15H15NO3/c1-10-2-4-11(5-3-10)6-7-12-8-13(15(18)19)14(17)9-16-12/h2-5,8-9,17H,6-7H2,1H3,(H,18,19). The summed E-state index contributed by atoms with van der Waals surface area (Å²) in [4.78, 5) is 14.9. The van der Waals surface area contributed by atoms with Gasteiger partial charge in [0.25, 0.3) is 0 Å². The number of hydrogen-bond donors (Lipinski definition) is 2. The molecule has 0 atom stereocenters. The van der Waals surface area contributed by atoms with Crippen molar-refractivity contribution < 1.29 is 15.0 Å². The molecular formula is C15H15NO3. The van der Waals surface area contributed by atoms with E-state index in [0.29, 0.717) is 12.1 Å². The number of carbonyl (C=O) groups is 1. The highest BCUT2D eigenvalue weighted by molar-refractivity contribution is 5.90. The van der Waals surface area contributed by atoms with E-state index in [9.17, 15) is 9.90 Å². The first-order valence-electron chi connectivity index (χ1n) is 6.03. The normalized spacial score (nSPS) is 10.4. The maximum absolute atomic E-state index is 10.9. The number of hydrogen-bond acceptors (Lipinski definition) is 3. The lowest BCUT2D eigenvalue weighted by Gasteiger charge is -2.04. The minimum Gasteiger partial charge on any atom is -0.505 e. The molecule has 0 spiro atoms. The molecule has 0 aliphatic heterocycles. The van der Waals surface area contributed by atoms with Crippen LogP contribution < -0.4 is 0 Å². The first-order valence-corrected chi connectivity index (χ1v) is 6.03. The molecule has 2 aromatic rings. The van der Waals surface area contributed by atoms with E-state index in [4.69, 9.17) is 5.11 Å². The van der Waals surface area contributed by atoms with Gasteiger partial charge in [-0.25, -0.2) is 4.79 Å². The van der Waals surface area contributed by atoms with Crippen LogP contribution in [-0.2, 0) is 12.8 Å². The Hall–Kier alpha value is -2.36. The number of aromatic nitrogens is 1. The molecule has 0 saturated carbocycles. The number of carboxylic acid groups (broad SMARTS) is 1. The van der Waals surface area contributed by atoms with Crippen molar-refractivity contribution in [1.29, 1.82) is 0 Å². The van der Waals surface area contributed by atoms with Crippen molar-refractivity contribution in [3.05, 3.63) is 58.9 Å². The number of nitrogens with zero attached hydrogens (tertiary/aromatic N) is 1. The fraction of sp³-hybridized carbons (Fsp3) is 0.200. The Balaban J connectivity index is 2.09. The van der Waals surface area contributed by atoms with E-state index < -0.39 is 5.97 Å². The lowest BCUT2D eigenvalue weighted by molar-refractivity contribution is 0.0693. The number of carboxylic acids is 1. The van der Waals surface area contributed by atoms with Crippen LogP contribution in [0.25, 0.3) is 0 Å². The molecule has 4 nitrogen and oxygen atoms in total. The molecule has 1 heterocycles. The fourth-order valence-corrected chi connectivity index (χ4v) is 1.83. The van der Waals surface area contributed by atoms with Crippen LogP contribution in [0.5, 0.6) is 5.75 Å². The van der Waals surface area contributed by atoms with Gasteiger partial charge in [-0.2, -0.15) is 0 Å². The van der Waals surface area contributed by atoms with Crippen molar-refractivity contribution in [1.82, 2.24) is 4.98 Å². The Labute approximate surface area is 111 Å². The van der Waals surface area contributed by atoms with Gasteiger partial charge < -0.3 is 10.2 Å². The van der Waals surface area contributed by atoms with E-state index in [1.165, 1.54) is 23.4 Å². The van der Waals surface area contributed by atoms with Crippen molar-refractivity contribution in [2.45, 2.75) is 19.8 Å². The van der Waals surface area contributed by atoms with Crippen LogP contribution in [0.15, 0.2) is 36.5 Å². The van der Waals surface area contributed by atoms with Gasteiger partial charge in [-0.05, 0) is 31.4 Å². The Morgan fingerprint density at radius 1 is 1.21 bits per heavy atom. The lowest BCUT2D eigenvalue weighted by atomic mass is 10.1. The summed E-state index contributed by atoms with van der Waals surface area (Å²) in [6.45, 7) is 2.03. The van der Waals surface area contributed by atoms with Crippen molar-refractivity contribution in [2.24, 2.45) is 0 Å². The summed E-state index contributed by atoms with van der Waals surface area (Å²) < 4.78 is 0. The van der Waals surface area contributed by atoms with Gasteiger partial charge in [-0.3, -0.25) is 4.98 Å². The van der Waals surface area contributed by atoms with E-state index in [1.807, 2.05) is 31.2 Å². The molecule has 0 amide bonds. The Morgan fingerprint density at radius 3 is 2.53 bits per heavy atom. The van der Waals surface area contributed by atoms with Crippen LogP contribution in [-0.4, -0.2) is 21.2 Å². The zero-order valence-corrected chi connectivity index (χ0v) is 10.6. The topological polar surface area (TPSA) is 70.4 Å². The molecule has 0 saturated heterocycles. The van der Waals surface area contributed by atoms with Crippen molar-refractivity contribution in [3.63, 3.8) is 0 Å². The van der Waals surface area contributed by atoms with Gasteiger partial charge in [-0.1, -0.05) is 29.8 Å². The minimum absolute atomic E-state index is 0.103. The van der Waals surface area contributed by atoms with Gasteiger partial charge in [0.15, 0.2) is 0 Å². The molecule has 4 heteroatoms. The van der Waals surface area contributed by atoms with Crippen LogP contribution in [0.1, 0.15) is 27.2 Å². The molecule has 1 aromatic heterocycles. The molecule has 0 aliphatic carbocycles. The maximum atomic E-state index is 10.9. The second-order valence-electron chi connectivity index (χ2n) is 4.48. The molecule has 98 valence electrons. The van der Waals surface area contributed by atoms with E-state index in [2.05, 4.69) is 4.98 Å². The molecule has 2 N–H and O–H groups in total. The van der Waals surface area contributed by atoms with Gasteiger partial charge in [0, 0.05) is 5.69 Å². The molecule has 0 unspecified atom stereocenters. The summed E-state index contributed by atoms with van der Waals surface area (Å²) in [7, 11) is 0. The van der Waals surface area contributed by atoms with Gasteiger partial charge in [0.2, 0.25) is 0 Å². The number of aromatic hydroxyl groups is 1. The summed E-state index contributed by atoms with van der Waals surface area (Å²) in [5.74, 6) is -1.44. The molecule has 0 fully saturated rings. The van der Waals surface area contributed by atoms with Gasteiger partial charge in [0.1, 0.15) is 11.3 Å². The van der Waals surface area contributed by atoms with Gasteiger partial charge >= 0.3 is 5.97 Å². The third-order valence-electron chi connectivity index (χ3n) is 2.96. The van der Waals surface area contributed by atoms with E-state index >= 15 is 0 Å². The zero-order valence-electron chi connectivity index (χ0n) is 10.6. The average Bonchev–Trinajstić information content (AvgIpc) is 2.39. The average molecular weight is 257 g/mol. The summed E-state index contributed by atoms with van der Waals surface area (Å²) in [5.41, 5.74) is 2.95. The smallest absolute Gasteiger partial charge is 0.339 e. The predicted molar refractivity (Wildman–Crippen MR) is 71.4 cm³/mol. The second kappa shape index (κ2) is 5.52. The first kappa shape index (κ1) is 13.1. The molecule has 0 bridgehead atoms. The van der Waals surface area contributed by atoms with Gasteiger partial charge in [-0.15, -0.1) is 0 Å². The monoisotopic (exact) mass is 257 g/mol. The molecule has 2 rings (SSSR count). The third kappa shape index (κ3) is 3.31. The molecule has 1 aromatic carbocycles. The molecule has 0 radical (unpaired) electrons. The summed E-state index contributed by atoms with van der Waals surface area (Å²) in [6, 6.07) is 9.61. The van der Waals surface area contributed by atoms with Gasteiger partial charge in [0.05, 0.1) is 6.20 Å². The predicted octanol–water partition coefficient (Wildman–Crippen LogP) is 2.58. The van der Waals surface area contributed by atoms with Crippen LogP contribution in [0.4, 0.5) is 0 Å². The lowest BCUT2D eigenvalue weighted by Crippen LogP contribution is -2.01. The summed E-state index contributed by atoms with van der Waals surface area (Å²) in [6.07, 6.45) is 2.62. The number of benzene rings is 1. The van der Waals surface area contributed by atoms with Crippen LogP contribution in [0, 0.1) is 6.92 Å². The Bertz CT molecular complexity index is 591. The SMILES string of the molecule is Cc1ccc(CCc2cc(C(=O)O)c(O)cn2)cc1. The quantitative estimate of drug-likeness (QED) is 0.883. The van der Waals surface area contributed by atoms with Crippen molar-refractivity contribution in [3.8, 4) is 5.75 Å². The zero-order chi connectivity index (χ0) is 13.8. The van der Waals surface area contributed by atoms with Crippen LogP contribution >= 0.6 is 0 Å². The van der Waals surface area contributed by atoms with E-state index in [-0.39, 0.29) is 11.3 Å². The Kier molecular flexibility index (Phi) is 3.80.